The van der Waals surface area contributed by atoms with Crippen LogP contribution in [0.4, 0.5) is 0 Å². The van der Waals surface area contributed by atoms with Crippen LogP contribution in [0.25, 0.3) is 0 Å². The van der Waals surface area contributed by atoms with E-state index < -0.39 is 0 Å². The van der Waals surface area contributed by atoms with Crippen LogP contribution in [0.1, 0.15) is 58.1 Å². The summed E-state index contributed by atoms with van der Waals surface area (Å²) in [6, 6.07) is 12.9. The van der Waals surface area contributed by atoms with E-state index in [1.165, 1.54) is 37.8 Å². The van der Waals surface area contributed by atoms with Crippen LogP contribution in [0.5, 0.6) is 0 Å². The summed E-state index contributed by atoms with van der Waals surface area (Å²) in [6.45, 7) is 9.21. The number of piperazine rings is 1. The van der Waals surface area contributed by atoms with E-state index in [9.17, 15) is 0 Å². The van der Waals surface area contributed by atoms with Gasteiger partial charge in [0.05, 0.1) is 0 Å². The Kier molecular flexibility index (Phi) is 6.06. The number of nitrogens with zero attached hydrogens (tertiary/aromatic N) is 1. The molecule has 1 aromatic rings. The molecule has 0 amide bonds. The molecule has 0 radical (unpaired) electrons. The van der Waals surface area contributed by atoms with Gasteiger partial charge in [-0.2, -0.15) is 0 Å². The standard InChI is InChI=1S/C18H30N2/c1-4-10-17(6-3)20-14-16(5-2)19-13-18(20)15-11-8-7-9-12-15/h7-9,11-12,16-19H,4-6,10,13-14H2,1-3H3. The quantitative estimate of drug-likeness (QED) is 0.844. The molecule has 1 aromatic carbocycles. The van der Waals surface area contributed by atoms with Crippen molar-refractivity contribution in [3.63, 3.8) is 0 Å². The number of benzene rings is 1. The van der Waals surface area contributed by atoms with Crippen LogP contribution in [0.3, 0.4) is 0 Å². The van der Waals surface area contributed by atoms with Gasteiger partial charge in [-0.25, -0.2) is 0 Å². The summed E-state index contributed by atoms with van der Waals surface area (Å²) < 4.78 is 0. The molecule has 3 unspecified atom stereocenters. The van der Waals surface area contributed by atoms with Crippen LogP contribution < -0.4 is 5.32 Å². The first kappa shape index (κ1) is 15.5. The summed E-state index contributed by atoms with van der Waals surface area (Å²) in [5.74, 6) is 0. The summed E-state index contributed by atoms with van der Waals surface area (Å²) in [5.41, 5.74) is 1.46. The van der Waals surface area contributed by atoms with Crippen molar-refractivity contribution in [1.82, 2.24) is 10.2 Å². The number of hydrogen-bond donors (Lipinski definition) is 1. The molecule has 112 valence electrons. The molecule has 0 aliphatic carbocycles. The van der Waals surface area contributed by atoms with E-state index in [1.807, 2.05) is 0 Å². The van der Waals surface area contributed by atoms with E-state index in [0.717, 1.165) is 12.6 Å². The second-order valence-corrected chi connectivity index (χ2v) is 5.99. The molecule has 20 heavy (non-hydrogen) atoms. The summed E-state index contributed by atoms with van der Waals surface area (Å²) >= 11 is 0. The maximum Gasteiger partial charge on any atom is 0.0476 e. The number of nitrogens with one attached hydrogen (secondary N) is 1. The zero-order valence-corrected chi connectivity index (χ0v) is 13.3. The molecular weight excluding hydrogens is 244 g/mol. The highest BCUT2D eigenvalue weighted by atomic mass is 15.3. The van der Waals surface area contributed by atoms with Gasteiger partial charge in [-0.05, 0) is 24.8 Å². The van der Waals surface area contributed by atoms with E-state index in [-0.39, 0.29) is 0 Å². The topological polar surface area (TPSA) is 15.3 Å². The van der Waals surface area contributed by atoms with E-state index in [4.69, 9.17) is 0 Å². The number of hydrogen-bond acceptors (Lipinski definition) is 2. The molecule has 0 spiro atoms. The maximum atomic E-state index is 3.73. The van der Waals surface area contributed by atoms with Gasteiger partial charge in [0.25, 0.3) is 0 Å². The van der Waals surface area contributed by atoms with Crippen LogP contribution in [0.15, 0.2) is 30.3 Å². The monoisotopic (exact) mass is 274 g/mol. The van der Waals surface area contributed by atoms with E-state index in [1.54, 1.807) is 0 Å². The first-order valence-electron chi connectivity index (χ1n) is 8.34. The molecule has 0 bridgehead atoms. The molecule has 2 rings (SSSR count). The Morgan fingerprint density at radius 3 is 2.55 bits per heavy atom. The highest BCUT2D eigenvalue weighted by Crippen LogP contribution is 2.29. The molecular formula is C18H30N2. The number of rotatable bonds is 6. The Labute approximate surface area is 124 Å². The van der Waals surface area contributed by atoms with Crippen molar-refractivity contribution in [3.05, 3.63) is 35.9 Å². The SMILES string of the molecule is CCCC(CC)N1CC(CC)NCC1c1ccccc1. The van der Waals surface area contributed by atoms with Gasteiger partial charge in [0.15, 0.2) is 0 Å². The fourth-order valence-corrected chi connectivity index (χ4v) is 3.44. The molecule has 1 aliphatic rings. The molecule has 0 aromatic heterocycles. The zero-order valence-electron chi connectivity index (χ0n) is 13.3. The minimum Gasteiger partial charge on any atom is -0.311 e. The first-order valence-corrected chi connectivity index (χ1v) is 8.34. The van der Waals surface area contributed by atoms with Crippen molar-refractivity contribution in [2.45, 2.75) is 64.6 Å². The highest BCUT2D eigenvalue weighted by Gasteiger charge is 2.31. The van der Waals surface area contributed by atoms with Crippen LogP contribution >= 0.6 is 0 Å². The molecule has 1 aliphatic heterocycles. The van der Waals surface area contributed by atoms with E-state index in [2.05, 4.69) is 61.3 Å². The van der Waals surface area contributed by atoms with E-state index in [0.29, 0.717) is 12.1 Å². The summed E-state index contributed by atoms with van der Waals surface area (Å²) in [7, 11) is 0. The van der Waals surface area contributed by atoms with Gasteiger partial charge in [-0.1, -0.05) is 57.5 Å². The van der Waals surface area contributed by atoms with Gasteiger partial charge >= 0.3 is 0 Å². The van der Waals surface area contributed by atoms with Crippen molar-refractivity contribution in [1.29, 1.82) is 0 Å². The normalized spacial score (nSPS) is 25.6. The first-order chi connectivity index (χ1) is 9.80. The van der Waals surface area contributed by atoms with Crippen molar-refractivity contribution in [2.75, 3.05) is 13.1 Å². The highest BCUT2D eigenvalue weighted by molar-refractivity contribution is 5.20. The molecule has 2 heteroatoms. The van der Waals surface area contributed by atoms with Gasteiger partial charge in [0.1, 0.15) is 0 Å². The van der Waals surface area contributed by atoms with Crippen LogP contribution in [-0.2, 0) is 0 Å². The summed E-state index contributed by atoms with van der Waals surface area (Å²) in [6.07, 6.45) is 5.07. The lowest BCUT2D eigenvalue weighted by Gasteiger charge is -2.45. The molecule has 0 saturated carbocycles. The molecule has 1 saturated heterocycles. The molecule has 2 nitrogen and oxygen atoms in total. The average Bonchev–Trinajstić information content (AvgIpc) is 2.53. The van der Waals surface area contributed by atoms with Crippen molar-refractivity contribution in [2.24, 2.45) is 0 Å². The Bertz CT molecular complexity index is 376. The lowest BCUT2D eigenvalue weighted by molar-refractivity contribution is 0.0723. The fourth-order valence-electron chi connectivity index (χ4n) is 3.44. The van der Waals surface area contributed by atoms with E-state index >= 15 is 0 Å². The van der Waals surface area contributed by atoms with Crippen molar-refractivity contribution < 1.29 is 0 Å². The largest absolute Gasteiger partial charge is 0.311 e. The van der Waals surface area contributed by atoms with Gasteiger partial charge < -0.3 is 5.32 Å². The summed E-state index contributed by atoms with van der Waals surface area (Å²) in [5, 5.41) is 3.73. The van der Waals surface area contributed by atoms with Gasteiger partial charge in [-0.15, -0.1) is 0 Å². The molecule has 1 heterocycles. The van der Waals surface area contributed by atoms with Crippen LogP contribution in [0, 0.1) is 0 Å². The van der Waals surface area contributed by atoms with Crippen LogP contribution in [0.2, 0.25) is 0 Å². The third-order valence-electron chi connectivity index (χ3n) is 4.67. The predicted octanol–water partition coefficient (Wildman–Crippen LogP) is 3.99. The lowest BCUT2D eigenvalue weighted by atomic mass is 9.95. The maximum absolute atomic E-state index is 3.73. The molecule has 1 fully saturated rings. The Balaban J connectivity index is 2.19. The molecule has 3 atom stereocenters. The minimum absolute atomic E-state index is 0.537. The lowest BCUT2D eigenvalue weighted by Crippen LogP contribution is -2.55. The van der Waals surface area contributed by atoms with Gasteiger partial charge in [0.2, 0.25) is 0 Å². The van der Waals surface area contributed by atoms with Crippen LogP contribution in [-0.4, -0.2) is 30.1 Å². The smallest absolute Gasteiger partial charge is 0.0476 e. The van der Waals surface area contributed by atoms with Crippen molar-refractivity contribution >= 4 is 0 Å². The second kappa shape index (κ2) is 7.80. The third-order valence-corrected chi connectivity index (χ3v) is 4.67. The average molecular weight is 274 g/mol. The fraction of sp³-hybridized carbons (Fsp3) is 0.667. The Morgan fingerprint density at radius 1 is 1.20 bits per heavy atom. The summed E-state index contributed by atoms with van der Waals surface area (Å²) in [4.78, 5) is 2.77. The Hall–Kier alpha value is -0.860. The predicted molar refractivity (Wildman–Crippen MR) is 87.0 cm³/mol. The Morgan fingerprint density at radius 2 is 1.95 bits per heavy atom. The van der Waals surface area contributed by atoms with Crippen molar-refractivity contribution in [3.8, 4) is 0 Å². The second-order valence-electron chi connectivity index (χ2n) is 5.99. The third kappa shape index (κ3) is 3.62. The zero-order chi connectivity index (χ0) is 14.4. The van der Waals surface area contributed by atoms with Gasteiger partial charge in [0, 0.05) is 31.2 Å². The molecule has 1 N–H and O–H groups in total. The minimum atomic E-state index is 0.537. The van der Waals surface area contributed by atoms with Gasteiger partial charge in [-0.3, -0.25) is 4.90 Å².